The van der Waals surface area contributed by atoms with Crippen LogP contribution in [0.4, 0.5) is 4.39 Å². The lowest BCUT2D eigenvalue weighted by Crippen LogP contribution is -2.31. The van der Waals surface area contributed by atoms with Crippen molar-refractivity contribution in [3.05, 3.63) is 87.1 Å². The third-order valence-electron chi connectivity index (χ3n) is 5.70. The van der Waals surface area contributed by atoms with Crippen LogP contribution >= 0.6 is 23.2 Å². The third kappa shape index (κ3) is 4.47. The maximum absolute atomic E-state index is 13.3. The predicted molar refractivity (Wildman–Crippen MR) is 127 cm³/mol. The van der Waals surface area contributed by atoms with E-state index < -0.39 is 23.5 Å². The van der Waals surface area contributed by atoms with Crippen molar-refractivity contribution >= 4 is 40.7 Å². The van der Waals surface area contributed by atoms with E-state index in [0.717, 1.165) is 5.56 Å². The summed E-state index contributed by atoms with van der Waals surface area (Å²) in [5.74, 6) is -2.22. The van der Waals surface area contributed by atoms with Gasteiger partial charge in [0.05, 0.1) is 36.6 Å². The average molecular weight is 520 g/mol. The number of ether oxygens (including phenoxy) is 2. The van der Waals surface area contributed by atoms with Gasteiger partial charge in [0, 0.05) is 6.54 Å². The van der Waals surface area contributed by atoms with Gasteiger partial charge < -0.3 is 23.9 Å². The average Bonchev–Trinajstić information content (AvgIpc) is 3.45. The number of likely N-dealkylation sites (tertiary alicyclic amines) is 1. The summed E-state index contributed by atoms with van der Waals surface area (Å²) in [5, 5.41) is 11.4. The molecule has 1 atom stereocenters. The van der Waals surface area contributed by atoms with E-state index in [0.29, 0.717) is 6.42 Å². The van der Waals surface area contributed by atoms with Gasteiger partial charge >= 0.3 is 0 Å². The Labute approximate surface area is 210 Å². The van der Waals surface area contributed by atoms with E-state index in [-0.39, 0.29) is 50.8 Å². The highest BCUT2D eigenvalue weighted by molar-refractivity contribution is 6.47. The van der Waals surface area contributed by atoms with Gasteiger partial charge in [-0.3, -0.25) is 9.59 Å². The van der Waals surface area contributed by atoms with E-state index in [2.05, 4.69) is 0 Å². The molecule has 0 spiro atoms. The number of ketones is 1. The number of Topliss-reactive ketones (excluding diaryl/α,β-unsaturated/α-hetero) is 1. The van der Waals surface area contributed by atoms with Gasteiger partial charge in [0.1, 0.15) is 28.4 Å². The number of nitrogens with zero attached hydrogens (tertiary/aromatic N) is 1. The van der Waals surface area contributed by atoms with Crippen LogP contribution < -0.4 is 9.47 Å². The Kier molecular flexibility index (Phi) is 7.05. The molecule has 1 saturated heterocycles. The van der Waals surface area contributed by atoms with Gasteiger partial charge in [-0.15, -0.1) is 0 Å². The predicted octanol–water partition coefficient (Wildman–Crippen LogP) is 5.41. The SMILES string of the molecule is COc1c(Cl)cc(/C(O)=C2/C(=O)C(=O)N(CCc3ccc(F)cc3)C2c2ccco2)c(OC)c1Cl. The number of hydrogen-bond acceptors (Lipinski definition) is 6. The summed E-state index contributed by atoms with van der Waals surface area (Å²) in [5.41, 5.74) is 0.568. The lowest BCUT2D eigenvalue weighted by Gasteiger charge is -2.23. The van der Waals surface area contributed by atoms with Crippen LogP contribution in [0.15, 0.2) is 58.7 Å². The van der Waals surface area contributed by atoms with E-state index in [1.54, 1.807) is 24.3 Å². The van der Waals surface area contributed by atoms with Crippen molar-refractivity contribution in [2.75, 3.05) is 20.8 Å². The maximum atomic E-state index is 13.3. The standard InChI is InChI=1S/C25H20Cl2FNO6/c1-33-23-15(12-16(26)24(34-2)19(23)27)21(30)18-20(17-4-3-11-35-17)29(25(32)22(18)31)10-9-13-5-7-14(28)8-6-13/h3-8,11-12,20,30H,9-10H2,1-2H3/b21-18-. The molecule has 1 fully saturated rings. The van der Waals surface area contributed by atoms with E-state index in [1.165, 1.54) is 43.6 Å². The molecule has 35 heavy (non-hydrogen) atoms. The minimum absolute atomic E-state index is 0.0101. The van der Waals surface area contributed by atoms with Crippen molar-refractivity contribution in [3.8, 4) is 11.5 Å². The Morgan fingerprint density at radius 2 is 1.80 bits per heavy atom. The second-order valence-corrected chi connectivity index (χ2v) is 8.46. The van der Waals surface area contributed by atoms with Gasteiger partial charge in [-0.05, 0) is 42.3 Å². The summed E-state index contributed by atoms with van der Waals surface area (Å²) in [6, 6.07) is 9.35. The fourth-order valence-corrected chi connectivity index (χ4v) is 4.73. The molecule has 1 aromatic heterocycles. The molecule has 0 radical (unpaired) electrons. The number of halogens is 3. The topological polar surface area (TPSA) is 89.2 Å². The number of benzene rings is 2. The van der Waals surface area contributed by atoms with Crippen LogP contribution in [-0.4, -0.2) is 42.5 Å². The summed E-state index contributed by atoms with van der Waals surface area (Å²) in [6.45, 7) is 0.111. The monoisotopic (exact) mass is 519 g/mol. The van der Waals surface area contributed by atoms with Gasteiger partial charge in [-0.1, -0.05) is 35.3 Å². The molecule has 1 amide bonds. The largest absolute Gasteiger partial charge is 0.507 e. The molecule has 0 aliphatic carbocycles. The van der Waals surface area contributed by atoms with Crippen LogP contribution in [0.2, 0.25) is 10.0 Å². The van der Waals surface area contributed by atoms with Crippen molar-refractivity contribution in [1.82, 2.24) is 4.90 Å². The number of methoxy groups -OCH3 is 2. The van der Waals surface area contributed by atoms with Crippen molar-refractivity contribution in [1.29, 1.82) is 0 Å². The zero-order valence-corrected chi connectivity index (χ0v) is 20.2. The van der Waals surface area contributed by atoms with E-state index in [9.17, 15) is 19.1 Å². The first-order valence-corrected chi connectivity index (χ1v) is 11.2. The number of carbonyl (C=O) groups is 2. The molecule has 4 rings (SSSR count). The highest BCUT2D eigenvalue weighted by Crippen LogP contribution is 2.47. The zero-order valence-electron chi connectivity index (χ0n) is 18.7. The second kappa shape index (κ2) is 10.0. The lowest BCUT2D eigenvalue weighted by molar-refractivity contribution is -0.140. The van der Waals surface area contributed by atoms with E-state index >= 15 is 0 Å². The maximum Gasteiger partial charge on any atom is 0.295 e. The number of aliphatic hydroxyl groups is 1. The van der Waals surface area contributed by atoms with Crippen LogP contribution in [0.25, 0.3) is 5.76 Å². The van der Waals surface area contributed by atoms with Gasteiger partial charge in [0.25, 0.3) is 11.7 Å². The summed E-state index contributed by atoms with van der Waals surface area (Å²) < 4.78 is 29.3. The number of amides is 1. The summed E-state index contributed by atoms with van der Waals surface area (Å²) in [4.78, 5) is 27.5. The molecule has 1 N–H and O–H groups in total. The van der Waals surface area contributed by atoms with Gasteiger partial charge in [0.15, 0.2) is 11.5 Å². The van der Waals surface area contributed by atoms with E-state index in [1.807, 2.05) is 0 Å². The van der Waals surface area contributed by atoms with Gasteiger partial charge in [0.2, 0.25) is 0 Å². The third-order valence-corrected chi connectivity index (χ3v) is 6.33. The normalized spacial score (nSPS) is 17.2. The quantitative estimate of drug-likeness (QED) is 0.255. The van der Waals surface area contributed by atoms with Crippen LogP contribution in [0.1, 0.15) is 22.9 Å². The van der Waals surface area contributed by atoms with Crippen molar-refractivity contribution < 1.29 is 33.0 Å². The molecule has 1 aliphatic heterocycles. The zero-order chi connectivity index (χ0) is 25.3. The smallest absolute Gasteiger partial charge is 0.295 e. The molecule has 2 heterocycles. The first-order valence-electron chi connectivity index (χ1n) is 10.4. The minimum atomic E-state index is -1.02. The number of aliphatic hydroxyl groups excluding tert-OH is 1. The number of carbonyl (C=O) groups excluding carboxylic acids is 2. The molecule has 1 unspecified atom stereocenters. The molecule has 1 aliphatic rings. The van der Waals surface area contributed by atoms with Crippen molar-refractivity contribution in [2.24, 2.45) is 0 Å². The van der Waals surface area contributed by atoms with Crippen LogP contribution in [0.5, 0.6) is 11.5 Å². The Hall–Kier alpha value is -3.49. The molecule has 3 aromatic rings. The molecule has 7 nitrogen and oxygen atoms in total. The Balaban J connectivity index is 1.82. The molecule has 182 valence electrons. The summed E-state index contributed by atoms with van der Waals surface area (Å²) in [7, 11) is 2.70. The van der Waals surface area contributed by atoms with Gasteiger partial charge in [-0.25, -0.2) is 4.39 Å². The second-order valence-electron chi connectivity index (χ2n) is 7.67. The molecule has 0 bridgehead atoms. The molecular weight excluding hydrogens is 500 g/mol. The Morgan fingerprint density at radius 3 is 2.40 bits per heavy atom. The van der Waals surface area contributed by atoms with Crippen LogP contribution in [0.3, 0.4) is 0 Å². The molecule has 10 heteroatoms. The number of rotatable bonds is 7. The van der Waals surface area contributed by atoms with Crippen molar-refractivity contribution in [2.45, 2.75) is 12.5 Å². The number of furan rings is 1. The molecule has 2 aromatic carbocycles. The highest BCUT2D eigenvalue weighted by Gasteiger charge is 2.47. The number of hydrogen-bond donors (Lipinski definition) is 1. The van der Waals surface area contributed by atoms with Crippen LogP contribution in [0, 0.1) is 5.82 Å². The lowest BCUT2D eigenvalue weighted by atomic mass is 9.98. The first-order chi connectivity index (χ1) is 16.8. The molecular formula is C25H20Cl2FNO6. The van der Waals surface area contributed by atoms with E-state index in [4.69, 9.17) is 37.1 Å². The fourth-order valence-electron chi connectivity index (χ4n) is 4.05. The Morgan fingerprint density at radius 1 is 1.11 bits per heavy atom. The Bertz CT molecular complexity index is 1300. The van der Waals surface area contributed by atoms with Crippen molar-refractivity contribution in [3.63, 3.8) is 0 Å². The summed E-state index contributed by atoms with van der Waals surface area (Å²) >= 11 is 12.6. The highest BCUT2D eigenvalue weighted by atomic mass is 35.5. The minimum Gasteiger partial charge on any atom is -0.507 e. The summed E-state index contributed by atoms with van der Waals surface area (Å²) in [6.07, 6.45) is 1.74. The molecule has 0 saturated carbocycles. The van der Waals surface area contributed by atoms with Crippen LogP contribution in [-0.2, 0) is 16.0 Å². The first kappa shape index (κ1) is 24.6. The van der Waals surface area contributed by atoms with Gasteiger partial charge in [-0.2, -0.15) is 0 Å². The fraction of sp³-hybridized carbons (Fsp3) is 0.200.